The van der Waals surface area contributed by atoms with Crippen molar-refractivity contribution in [2.75, 3.05) is 0 Å². The van der Waals surface area contributed by atoms with Crippen LogP contribution in [-0.2, 0) is 0 Å². The number of aryl methyl sites for hydroxylation is 1. The minimum Gasteiger partial charge on any atom is -0.360 e. The average Bonchev–Trinajstić information content (AvgIpc) is 2.74. The predicted octanol–water partition coefficient (Wildman–Crippen LogP) is 3.59. The van der Waals surface area contributed by atoms with Crippen molar-refractivity contribution in [3.8, 4) is 11.3 Å². The molecule has 1 aromatic carbocycles. The molecule has 0 saturated heterocycles. The van der Waals surface area contributed by atoms with E-state index < -0.39 is 0 Å². The van der Waals surface area contributed by atoms with Gasteiger partial charge in [-0.15, -0.1) is 0 Å². The Balaban J connectivity index is 2.28. The molecular weight excluding hydrogens is 234 g/mol. The van der Waals surface area contributed by atoms with Crippen LogP contribution >= 0.6 is 11.6 Å². The quantitative estimate of drug-likeness (QED) is 0.664. The van der Waals surface area contributed by atoms with E-state index in [4.69, 9.17) is 11.6 Å². The highest BCUT2D eigenvalue weighted by atomic mass is 35.5. The molecule has 3 nitrogen and oxygen atoms in total. The number of para-hydroxylation sites is 1. The zero-order chi connectivity index (χ0) is 11.8. The van der Waals surface area contributed by atoms with Crippen LogP contribution in [-0.4, -0.2) is 15.0 Å². The maximum atomic E-state index is 5.81. The summed E-state index contributed by atoms with van der Waals surface area (Å²) >= 11 is 5.81. The van der Waals surface area contributed by atoms with Crippen LogP contribution < -0.4 is 0 Å². The molecule has 0 fully saturated rings. The molecule has 4 heteroatoms. The summed E-state index contributed by atoms with van der Waals surface area (Å²) in [5.41, 5.74) is 4.24. The summed E-state index contributed by atoms with van der Waals surface area (Å²) in [6.45, 7) is 2.08. The molecule has 1 N–H and O–H groups in total. The zero-order valence-corrected chi connectivity index (χ0v) is 9.99. The molecule has 3 aromatic rings. The summed E-state index contributed by atoms with van der Waals surface area (Å²) in [6.07, 6.45) is 3.62. The maximum absolute atomic E-state index is 5.81. The largest absolute Gasteiger partial charge is 0.360 e. The van der Waals surface area contributed by atoms with Crippen molar-refractivity contribution in [1.29, 1.82) is 0 Å². The van der Waals surface area contributed by atoms with Crippen LogP contribution in [0.5, 0.6) is 0 Å². The Hall–Kier alpha value is -1.87. The Morgan fingerprint density at radius 2 is 2.12 bits per heavy atom. The maximum Gasteiger partial charge on any atom is 0.222 e. The van der Waals surface area contributed by atoms with E-state index in [1.165, 1.54) is 5.56 Å². The number of hydrogen-bond donors (Lipinski definition) is 1. The molecule has 0 aliphatic carbocycles. The predicted molar refractivity (Wildman–Crippen MR) is 69.1 cm³/mol. The number of benzene rings is 1. The molecule has 0 radical (unpaired) electrons. The van der Waals surface area contributed by atoms with Gasteiger partial charge in [-0.05, 0) is 30.2 Å². The number of H-pyrrole nitrogens is 1. The summed E-state index contributed by atoms with van der Waals surface area (Å²) in [7, 11) is 0. The summed E-state index contributed by atoms with van der Waals surface area (Å²) < 4.78 is 0. The first-order valence-electron chi connectivity index (χ1n) is 5.31. The van der Waals surface area contributed by atoms with Gasteiger partial charge in [0.2, 0.25) is 5.28 Å². The van der Waals surface area contributed by atoms with Crippen LogP contribution in [0.1, 0.15) is 5.56 Å². The van der Waals surface area contributed by atoms with Gasteiger partial charge in [-0.1, -0.05) is 18.2 Å². The summed E-state index contributed by atoms with van der Waals surface area (Å²) in [6, 6.07) is 8.05. The van der Waals surface area contributed by atoms with E-state index in [1.807, 2.05) is 18.3 Å². The Kier molecular flexibility index (Phi) is 2.34. The van der Waals surface area contributed by atoms with E-state index in [2.05, 4.69) is 34.0 Å². The first-order chi connectivity index (χ1) is 8.25. The van der Waals surface area contributed by atoms with Crippen molar-refractivity contribution in [2.45, 2.75) is 6.92 Å². The molecule has 0 unspecified atom stereocenters. The van der Waals surface area contributed by atoms with Crippen LogP contribution in [0, 0.1) is 6.92 Å². The molecule has 84 valence electrons. The molecule has 0 amide bonds. The van der Waals surface area contributed by atoms with Gasteiger partial charge in [0.1, 0.15) is 0 Å². The van der Waals surface area contributed by atoms with Gasteiger partial charge < -0.3 is 4.98 Å². The average molecular weight is 244 g/mol. The molecule has 0 aliphatic rings. The van der Waals surface area contributed by atoms with Crippen LogP contribution in [0.25, 0.3) is 22.2 Å². The lowest BCUT2D eigenvalue weighted by Crippen LogP contribution is -1.85. The van der Waals surface area contributed by atoms with E-state index in [-0.39, 0.29) is 5.28 Å². The number of nitrogens with one attached hydrogen (secondary N) is 1. The van der Waals surface area contributed by atoms with E-state index >= 15 is 0 Å². The second kappa shape index (κ2) is 3.86. The van der Waals surface area contributed by atoms with Crippen molar-refractivity contribution in [1.82, 2.24) is 15.0 Å². The Morgan fingerprint density at radius 3 is 2.94 bits per heavy atom. The van der Waals surface area contributed by atoms with Crippen LogP contribution in [0.15, 0.2) is 36.7 Å². The lowest BCUT2D eigenvalue weighted by Gasteiger charge is -1.99. The third-order valence-electron chi connectivity index (χ3n) is 2.83. The van der Waals surface area contributed by atoms with Gasteiger partial charge in [0, 0.05) is 28.9 Å². The molecule has 2 aromatic heterocycles. The van der Waals surface area contributed by atoms with Gasteiger partial charge in [0.05, 0.1) is 5.69 Å². The third kappa shape index (κ3) is 1.68. The molecule has 17 heavy (non-hydrogen) atoms. The number of hydrogen-bond acceptors (Lipinski definition) is 2. The summed E-state index contributed by atoms with van der Waals surface area (Å²) in [4.78, 5) is 11.4. The number of nitrogens with zero attached hydrogens (tertiary/aromatic N) is 2. The fourth-order valence-electron chi connectivity index (χ4n) is 2.00. The fourth-order valence-corrected chi connectivity index (χ4v) is 2.15. The molecule has 0 bridgehead atoms. The van der Waals surface area contributed by atoms with Gasteiger partial charge in [-0.2, -0.15) is 0 Å². The van der Waals surface area contributed by atoms with Gasteiger partial charge in [0.15, 0.2) is 0 Å². The van der Waals surface area contributed by atoms with Crippen molar-refractivity contribution >= 4 is 22.5 Å². The van der Waals surface area contributed by atoms with E-state index in [9.17, 15) is 0 Å². The van der Waals surface area contributed by atoms with Gasteiger partial charge in [0.25, 0.3) is 0 Å². The van der Waals surface area contributed by atoms with Crippen molar-refractivity contribution < 1.29 is 0 Å². The van der Waals surface area contributed by atoms with Crippen LogP contribution in [0.3, 0.4) is 0 Å². The summed E-state index contributed by atoms with van der Waals surface area (Å²) in [5.74, 6) is 0. The lowest BCUT2D eigenvalue weighted by atomic mass is 10.1. The second-order valence-electron chi connectivity index (χ2n) is 3.91. The normalized spacial score (nSPS) is 10.9. The Morgan fingerprint density at radius 1 is 1.24 bits per heavy atom. The Labute approximate surface area is 103 Å². The molecule has 0 saturated carbocycles. The minimum absolute atomic E-state index is 0.268. The number of aromatic amines is 1. The van der Waals surface area contributed by atoms with E-state index in [0.29, 0.717) is 0 Å². The summed E-state index contributed by atoms with van der Waals surface area (Å²) in [5, 5.41) is 1.42. The molecule has 2 heterocycles. The smallest absolute Gasteiger partial charge is 0.222 e. The minimum atomic E-state index is 0.268. The third-order valence-corrected chi connectivity index (χ3v) is 3.01. The van der Waals surface area contributed by atoms with Crippen molar-refractivity contribution in [2.24, 2.45) is 0 Å². The highest BCUT2D eigenvalue weighted by molar-refractivity contribution is 6.28. The van der Waals surface area contributed by atoms with E-state index in [0.717, 1.165) is 22.2 Å². The number of aromatic nitrogens is 3. The lowest BCUT2D eigenvalue weighted by molar-refractivity contribution is 1.17. The molecule has 3 rings (SSSR count). The standard InChI is InChI=1S/C13H10ClN3/c1-8-3-2-4-9-10(7-16-12(8)9)11-5-6-15-13(14)17-11/h2-7,16H,1H3. The van der Waals surface area contributed by atoms with Crippen LogP contribution in [0.4, 0.5) is 0 Å². The molecular formula is C13H10ClN3. The van der Waals surface area contributed by atoms with Gasteiger partial charge >= 0.3 is 0 Å². The Bertz CT molecular complexity index is 688. The number of halogens is 1. The highest BCUT2D eigenvalue weighted by Crippen LogP contribution is 2.28. The molecule has 0 spiro atoms. The van der Waals surface area contributed by atoms with Crippen molar-refractivity contribution in [3.63, 3.8) is 0 Å². The number of rotatable bonds is 1. The first kappa shape index (κ1) is 10.3. The van der Waals surface area contributed by atoms with Gasteiger partial charge in [-0.3, -0.25) is 0 Å². The number of fused-ring (bicyclic) bond motifs is 1. The molecule has 0 aliphatic heterocycles. The SMILES string of the molecule is Cc1cccc2c(-c3ccnc(Cl)n3)c[nH]c12. The monoisotopic (exact) mass is 243 g/mol. The zero-order valence-electron chi connectivity index (χ0n) is 9.24. The fraction of sp³-hybridized carbons (Fsp3) is 0.0769. The topological polar surface area (TPSA) is 41.6 Å². The van der Waals surface area contributed by atoms with Gasteiger partial charge in [-0.25, -0.2) is 9.97 Å². The first-order valence-corrected chi connectivity index (χ1v) is 5.69. The second-order valence-corrected chi connectivity index (χ2v) is 4.25. The highest BCUT2D eigenvalue weighted by Gasteiger charge is 2.08. The molecule has 0 atom stereocenters. The van der Waals surface area contributed by atoms with Crippen LogP contribution in [0.2, 0.25) is 5.28 Å². The van der Waals surface area contributed by atoms with Crippen molar-refractivity contribution in [3.05, 3.63) is 47.5 Å². The van der Waals surface area contributed by atoms with E-state index in [1.54, 1.807) is 6.20 Å².